The molecule has 0 aliphatic carbocycles. The number of hydrogen-bond donors (Lipinski definition) is 2. The molecule has 6 nitrogen and oxygen atoms in total. The number of halogens is 1. The van der Waals surface area contributed by atoms with Gasteiger partial charge in [-0.3, -0.25) is 4.99 Å². The van der Waals surface area contributed by atoms with Crippen molar-refractivity contribution in [3.8, 4) is 11.5 Å². The van der Waals surface area contributed by atoms with Crippen molar-refractivity contribution in [1.29, 1.82) is 0 Å². The van der Waals surface area contributed by atoms with Crippen molar-refractivity contribution in [3.63, 3.8) is 0 Å². The summed E-state index contributed by atoms with van der Waals surface area (Å²) in [5, 5.41) is 6.80. The van der Waals surface area contributed by atoms with Crippen LogP contribution in [0.3, 0.4) is 0 Å². The van der Waals surface area contributed by atoms with Crippen LogP contribution >= 0.6 is 24.0 Å². The van der Waals surface area contributed by atoms with Gasteiger partial charge in [0.2, 0.25) is 0 Å². The predicted molar refractivity (Wildman–Crippen MR) is 121 cm³/mol. The second kappa shape index (κ2) is 11.6. The highest BCUT2D eigenvalue weighted by atomic mass is 127. The van der Waals surface area contributed by atoms with Gasteiger partial charge >= 0.3 is 0 Å². The fourth-order valence-corrected chi connectivity index (χ4v) is 2.76. The Bertz CT molecular complexity index is 606. The summed E-state index contributed by atoms with van der Waals surface area (Å²) in [5.41, 5.74) is 1.29. The normalized spacial score (nSPS) is 16.6. The SMILES string of the molecule is CCNC(=NCC1(C)COC1)NC(C)c1ccc(OCC)c(OCC)c1.I. The first-order chi connectivity index (χ1) is 12.5. The number of benzene rings is 1. The molecule has 7 heteroatoms. The lowest BCUT2D eigenvalue weighted by atomic mass is 9.89. The molecule has 1 aliphatic heterocycles. The van der Waals surface area contributed by atoms with Crippen LogP contribution in [-0.2, 0) is 4.74 Å². The Morgan fingerprint density at radius 2 is 1.85 bits per heavy atom. The van der Waals surface area contributed by atoms with E-state index in [2.05, 4.69) is 37.5 Å². The van der Waals surface area contributed by atoms with E-state index in [1.54, 1.807) is 0 Å². The Labute approximate surface area is 180 Å². The van der Waals surface area contributed by atoms with Crippen LogP contribution in [0.1, 0.15) is 46.2 Å². The second-order valence-corrected chi connectivity index (χ2v) is 6.94. The van der Waals surface area contributed by atoms with Crippen LogP contribution in [0.4, 0.5) is 0 Å². The van der Waals surface area contributed by atoms with E-state index < -0.39 is 0 Å². The topological polar surface area (TPSA) is 64.1 Å². The van der Waals surface area contributed by atoms with Crippen LogP contribution < -0.4 is 20.1 Å². The molecule has 1 aromatic carbocycles. The molecule has 1 fully saturated rings. The van der Waals surface area contributed by atoms with Crippen molar-refractivity contribution in [2.45, 2.75) is 40.7 Å². The summed E-state index contributed by atoms with van der Waals surface area (Å²) in [5.74, 6) is 2.38. The molecule has 1 unspecified atom stereocenters. The molecule has 0 bridgehead atoms. The summed E-state index contributed by atoms with van der Waals surface area (Å²) in [7, 11) is 0. The maximum absolute atomic E-state index is 5.73. The minimum Gasteiger partial charge on any atom is -0.490 e. The standard InChI is InChI=1S/C20H33N3O3.HI/c1-6-21-19(22-12-20(5)13-24-14-20)23-15(4)16-9-10-17(25-7-2)18(11-16)26-8-3;/h9-11,15H,6-8,12-14H2,1-5H3,(H2,21,22,23);1H. The van der Waals surface area contributed by atoms with Gasteiger partial charge in [0.15, 0.2) is 17.5 Å². The molecule has 2 rings (SSSR count). The van der Waals surface area contributed by atoms with Crippen LogP contribution in [0.25, 0.3) is 0 Å². The molecule has 0 spiro atoms. The highest BCUT2D eigenvalue weighted by molar-refractivity contribution is 14.0. The van der Waals surface area contributed by atoms with Crippen molar-refractivity contribution in [3.05, 3.63) is 23.8 Å². The third-order valence-electron chi connectivity index (χ3n) is 4.28. The Kier molecular flexibility index (Phi) is 10.2. The Morgan fingerprint density at radius 3 is 2.41 bits per heavy atom. The summed E-state index contributed by atoms with van der Waals surface area (Å²) in [6.45, 7) is 14.7. The highest BCUT2D eigenvalue weighted by Crippen LogP contribution is 2.31. The van der Waals surface area contributed by atoms with E-state index in [1.165, 1.54) is 0 Å². The van der Waals surface area contributed by atoms with E-state index in [-0.39, 0.29) is 35.4 Å². The van der Waals surface area contributed by atoms with Crippen molar-refractivity contribution in [2.75, 3.05) is 39.5 Å². The number of aliphatic imine (C=N–C) groups is 1. The van der Waals surface area contributed by atoms with E-state index >= 15 is 0 Å². The van der Waals surface area contributed by atoms with E-state index in [4.69, 9.17) is 19.2 Å². The summed E-state index contributed by atoms with van der Waals surface area (Å²) >= 11 is 0. The van der Waals surface area contributed by atoms with Gasteiger partial charge in [-0.15, -0.1) is 24.0 Å². The third-order valence-corrected chi connectivity index (χ3v) is 4.28. The third kappa shape index (κ3) is 7.03. The van der Waals surface area contributed by atoms with Crippen LogP contribution in [0.5, 0.6) is 11.5 Å². The number of hydrogen-bond acceptors (Lipinski definition) is 4. The maximum Gasteiger partial charge on any atom is 0.191 e. The molecule has 0 amide bonds. The van der Waals surface area contributed by atoms with Gasteiger partial charge in [0.25, 0.3) is 0 Å². The van der Waals surface area contributed by atoms with Gasteiger partial charge < -0.3 is 24.8 Å². The first kappa shape index (κ1) is 23.8. The Morgan fingerprint density at radius 1 is 1.19 bits per heavy atom. The summed E-state index contributed by atoms with van der Waals surface area (Å²) < 4.78 is 16.7. The first-order valence-electron chi connectivity index (χ1n) is 9.53. The molecular formula is C20H34IN3O3. The molecule has 1 aliphatic rings. The number of nitrogens with one attached hydrogen (secondary N) is 2. The fourth-order valence-electron chi connectivity index (χ4n) is 2.76. The van der Waals surface area contributed by atoms with Gasteiger partial charge in [-0.05, 0) is 45.4 Å². The largest absolute Gasteiger partial charge is 0.490 e. The Balaban J connectivity index is 0.00000364. The zero-order valence-corrected chi connectivity index (χ0v) is 19.5. The molecule has 1 saturated heterocycles. The fraction of sp³-hybridized carbons (Fsp3) is 0.650. The molecular weight excluding hydrogens is 457 g/mol. The van der Waals surface area contributed by atoms with Gasteiger partial charge in [0.05, 0.1) is 39.0 Å². The second-order valence-electron chi connectivity index (χ2n) is 6.94. The number of ether oxygens (including phenoxy) is 3. The quantitative estimate of drug-likeness (QED) is 0.313. The van der Waals surface area contributed by atoms with Crippen LogP contribution in [-0.4, -0.2) is 45.5 Å². The van der Waals surface area contributed by atoms with E-state index in [0.29, 0.717) is 13.2 Å². The zero-order valence-electron chi connectivity index (χ0n) is 17.1. The lowest BCUT2D eigenvalue weighted by molar-refractivity contribution is -0.0945. The monoisotopic (exact) mass is 491 g/mol. The number of nitrogens with zero attached hydrogens (tertiary/aromatic N) is 1. The zero-order chi connectivity index (χ0) is 19.0. The molecule has 154 valence electrons. The lowest BCUT2D eigenvalue weighted by Crippen LogP contribution is -2.44. The molecule has 2 N–H and O–H groups in total. The van der Waals surface area contributed by atoms with Crippen molar-refractivity contribution >= 4 is 29.9 Å². The molecule has 1 heterocycles. The van der Waals surface area contributed by atoms with Crippen molar-refractivity contribution in [2.24, 2.45) is 10.4 Å². The van der Waals surface area contributed by atoms with Crippen LogP contribution in [0.15, 0.2) is 23.2 Å². The van der Waals surface area contributed by atoms with Crippen LogP contribution in [0.2, 0.25) is 0 Å². The van der Waals surface area contributed by atoms with Crippen LogP contribution in [0, 0.1) is 5.41 Å². The van der Waals surface area contributed by atoms with Gasteiger partial charge in [0.1, 0.15) is 0 Å². The number of guanidine groups is 1. The molecule has 0 radical (unpaired) electrons. The smallest absolute Gasteiger partial charge is 0.191 e. The first-order valence-corrected chi connectivity index (χ1v) is 9.53. The summed E-state index contributed by atoms with van der Waals surface area (Å²) in [6, 6.07) is 6.17. The number of rotatable bonds is 9. The van der Waals surface area contributed by atoms with Gasteiger partial charge in [-0.25, -0.2) is 0 Å². The highest BCUT2D eigenvalue weighted by Gasteiger charge is 2.33. The van der Waals surface area contributed by atoms with Gasteiger partial charge in [-0.2, -0.15) is 0 Å². The summed E-state index contributed by atoms with van der Waals surface area (Å²) in [4.78, 5) is 4.74. The summed E-state index contributed by atoms with van der Waals surface area (Å²) in [6.07, 6.45) is 0. The van der Waals surface area contributed by atoms with E-state index in [1.807, 2.05) is 26.0 Å². The molecule has 1 aromatic rings. The lowest BCUT2D eigenvalue weighted by Gasteiger charge is -2.36. The van der Waals surface area contributed by atoms with Gasteiger partial charge in [0, 0.05) is 12.0 Å². The maximum atomic E-state index is 5.73. The van der Waals surface area contributed by atoms with E-state index in [9.17, 15) is 0 Å². The average molecular weight is 491 g/mol. The van der Waals surface area contributed by atoms with Crippen molar-refractivity contribution in [1.82, 2.24) is 10.6 Å². The predicted octanol–water partition coefficient (Wildman–Crippen LogP) is 3.75. The Hall–Kier alpha value is -1.22. The molecule has 1 atom stereocenters. The van der Waals surface area contributed by atoms with E-state index in [0.717, 1.165) is 49.3 Å². The average Bonchev–Trinajstić information content (AvgIpc) is 2.60. The minimum atomic E-state index is 0. The molecule has 27 heavy (non-hydrogen) atoms. The van der Waals surface area contributed by atoms with Crippen molar-refractivity contribution < 1.29 is 14.2 Å². The van der Waals surface area contributed by atoms with Gasteiger partial charge in [-0.1, -0.05) is 13.0 Å². The minimum absolute atomic E-state index is 0. The molecule has 0 saturated carbocycles. The molecule has 0 aromatic heterocycles.